The van der Waals surface area contributed by atoms with E-state index >= 15 is 0 Å². The van der Waals surface area contributed by atoms with Crippen molar-refractivity contribution in [2.75, 3.05) is 62.1 Å². The Bertz CT molecular complexity index is 2620. The minimum Gasteiger partial charge on any atom is -0.481 e. The molecule has 0 saturated carbocycles. The van der Waals surface area contributed by atoms with Gasteiger partial charge in [0.25, 0.3) is 17.8 Å². The molecule has 0 atom stereocenters. The van der Waals surface area contributed by atoms with E-state index in [4.69, 9.17) is 19.8 Å². The SMILES string of the molecule is CC.CC.CC(=O)O.CC(=O)O.CCOC(C)=O.CCOC(C)=O.CCOC(C)=O.CN.CNC(=O)c1ccccc1.CNC(C)=O.CNC(C)=O.CNC(C)=O.CNC(C)=O.c1ccccc1.c1ccccc1.c1ccccc1.c1ccccc1.c1ccccc1.c1ccccc1.c1ccccc1.c1ccccc1.c1ccccc1. The van der Waals surface area contributed by atoms with Gasteiger partial charge in [0.15, 0.2) is 0 Å². The molecule has 116 heavy (non-hydrogen) atoms. The standard InChI is InChI=1S/C8H9NO.9C6H6.3C4H8O2.4C3H7NO.2C2H4O2.2C2H6.CH5N/c1-9-8(10)7-5-3-2-4-6-7;9*1-2-4-6-5-3-1;3*1-3-6-4(2)5;4*1-3(5)4-2;2*1-2(3)4;3*1-2/h2-6H,1H3,(H,9,10);9*1-6H;3*3H2,1-2H3;4*1-2H3,(H,4,5);2*1H3,(H,3,4);2*1-2H3;2H2,1H3. The summed E-state index contributed by atoms with van der Waals surface area (Å²) in [5.41, 5.74) is 5.20. The lowest BCUT2D eigenvalue weighted by Gasteiger charge is -1.96. The first-order valence-corrected chi connectivity index (χ1v) is 37.1. The van der Waals surface area contributed by atoms with Crippen molar-refractivity contribution in [1.82, 2.24) is 26.6 Å². The topological polar surface area (TPSA) is 325 Å². The molecule has 0 bridgehead atoms. The van der Waals surface area contributed by atoms with Crippen molar-refractivity contribution in [2.24, 2.45) is 5.73 Å². The summed E-state index contributed by atoms with van der Waals surface area (Å²) in [6, 6.07) is 117. The highest BCUT2D eigenvalue weighted by Crippen LogP contribution is 1.96. The third-order valence-electron chi connectivity index (χ3n) is 9.71. The van der Waals surface area contributed by atoms with E-state index in [2.05, 4.69) is 46.5 Å². The van der Waals surface area contributed by atoms with Crippen LogP contribution in [0.3, 0.4) is 0 Å². The second-order valence-electron chi connectivity index (χ2n) is 19.4. The van der Waals surface area contributed by atoms with Crippen LogP contribution in [0.5, 0.6) is 0 Å². The number of carbonyl (C=O) groups excluding carboxylic acids is 8. The van der Waals surface area contributed by atoms with Gasteiger partial charge < -0.3 is 56.7 Å². The summed E-state index contributed by atoms with van der Waals surface area (Å²) in [6.45, 7) is 27.0. The molecule has 10 aromatic rings. The number of carbonyl (C=O) groups is 10. The minimum absolute atomic E-state index is 0.00463. The normalized spacial score (nSPS) is 7.44. The minimum atomic E-state index is -0.833. The number of rotatable bonds is 4. The van der Waals surface area contributed by atoms with Crippen molar-refractivity contribution in [1.29, 1.82) is 0 Å². The zero-order valence-corrected chi connectivity index (χ0v) is 73.0. The number of carboxylic acids is 2. The van der Waals surface area contributed by atoms with Gasteiger partial charge in [-0.2, -0.15) is 0 Å². The summed E-state index contributed by atoms with van der Waals surface area (Å²) in [7, 11) is 9.52. The maximum atomic E-state index is 10.9. The summed E-state index contributed by atoms with van der Waals surface area (Å²) >= 11 is 0. The van der Waals surface area contributed by atoms with E-state index in [0.29, 0.717) is 25.4 Å². The predicted molar refractivity (Wildman–Crippen MR) is 483 cm³/mol. The molecule has 0 radical (unpaired) electrons. The highest BCUT2D eigenvalue weighted by atomic mass is 16.5. The van der Waals surface area contributed by atoms with Crippen molar-refractivity contribution in [3.63, 3.8) is 0 Å². The molecule has 0 saturated heterocycles. The summed E-state index contributed by atoms with van der Waals surface area (Å²) in [5.74, 6) is -2.32. The Morgan fingerprint density at radius 2 is 0.319 bits per heavy atom. The van der Waals surface area contributed by atoms with E-state index in [1.165, 1.54) is 55.5 Å². The highest BCUT2D eigenvalue weighted by Gasteiger charge is 1.98. The Morgan fingerprint density at radius 1 is 0.233 bits per heavy atom. The molecule has 0 aliphatic heterocycles. The summed E-state index contributed by atoms with van der Waals surface area (Å²) in [4.78, 5) is 97.2. The largest absolute Gasteiger partial charge is 0.481 e. The fraction of sp³-hybridized carbons (Fsp3) is 0.263. The van der Waals surface area contributed by atoms with Crippen LogP contribution in [0.2, 0.25) is 0 Å². The lowest BCUT2D eigenvalue weighted by Crippen LogP contribution is -2.17. The number of aliphatic carboxylic acids is 2. The molecule has 0 spiro atoms. The number of benzene rings is 10. The summed E-state index contributed by atoms with van der Waals surface area (Å²) < 4.78 is 13.2. The van der Waals surface area contributed by atoms with Gasteiger partial charge >= 0.3 is 17.9 Å². The first-order chi connectivity index (χ1) is 55.7. The third kappa shape index (κ3) is 195. The van der Waals surface area contributed by atoms with E-state index in [1.807, 2.05) is 373 Å². The Hall–Kier alpha value is -13.1. The quantitative estimate of drug-likeness (QED) is 0.0599. The van der Waals surface area contributed by atoms with Gasteiger partial charge in [-0.3, -0.25) is 47.9 Å². The van der Waals surface area contributed by atoms with Crippen molar-refractivity contribution in [2.45, 2.75) is 111 Å². The lowest BCUT2D eigenvalue weighted by atomic mass is 10.2. The van der Waals surface area contributed by atoms with Gasteiger partial charge in [-0.25, -0.2) is 0 Å². The van der Waals surface area contributed by atoms with Gasteiger partial charge in [-0.1, -0.05) is 373 Å². The number of esters is 3. The Balaban J connectivity index is -0.0000000983. The zero-order chi connectivity index (χ0) is 90.8. The third-order valence-corrected chi connectivity index (χ3v) is 9.71. The first-order valence-electron chi connectivity index (χ1n) is 37.1. The zero-order valence-electron chi connectivity index (χ0n) is 73.0. The molecule has 5 amide bonds. The predicted octanol–water partition coefficient (Wildman–Crippen LogP) is 18.8. The number of hydrogen-bond donors (Lipinski definition) is 8. The second kappa shape index (κ2) is 128. The molecule has 0 aliphatic rings. The molecule has 0 heterocycles. The Kier molecular flexibility index (Phi) is 143. The molecule has 21 heteroatoms. The van der Waals surface area contributed by atoms with Crippen LogP contribution in [-0.2, 0) is 57.4 Å². The van der Waals surface area contributed by atoms with Crippen LogP contribution < -0.4 is 32.3 Å². The summed E-state index contributed by atoms with van der Waals surface area (Å²) in [6.07, 6.45) is 0. The molecule has 21 nitrogen and oxygen atoms in total. The Morgan fingerprint density at radius 3 is 0.371 bits per heavy atom. The van der Waals surface area contributed by atoms with E-state index in [1.54, 1.807) is 68.1 Å². The van der Waals surface area contributed by atoms with Crippen LogP contribution in [-0.4, -0.2) is 132 Å². The fourth-order valence-electron chi connectivity index (χ4n) is 4.81. The lowest BCUT2D eigenvalue weighted by molar-refractivity contribution is -0.141. The maximum absolute atomic E-state index is 10.9. The molecule has 0 unspecified atom stereocenters. The van der Waals surface area contributed by atoms with Gasteiger partial charge in [-0.05, 0) is 40.0 Å². The van der Waals surface area contributed by atoms with Crippen LogP contribution in [0, 0.1) is 0 Å². The van der Waals surface area contributed by atoms with Gasteiger partial charge in [-0.15, -0.1) is 0 Å². The van der Waals surface area contributed by atoms with E-state index in [9.17, 15) is 38.4 Å². The van der Waals surface area contributed by atoms with Crippen molar-refractivity contribution < 1.29 is 72.4 Å². The molecule has 640 valence electrons. The smallest absolute Gasteiger partial charge is 0.302 e. The molecule has 10 aromatic carbocycles. The maximum Gasteiger partial charge on any atom is 0.302 e. The average molecular weight is 1610 g/mol. The number of ether oxygens (including phenoxy) is 3. The van der Waals surface area contributed by atoms with Crippen molar-refractivity contribution in [3.8, 4) is 0 Å². The molecular weight excluding hydrogens is 1470 g/mol. The number of carboxylic acid groups (broad SMARTS) is 2. The number of hydrogen-bond acceptors (Lipinski definition) is 14. The van der Waals surface area contributed by atoms with Gasteiger partial charge in [0.2, 0.25) is 23.6 Å². The van der Waals surface area contributed by atoms with E-state index in [-0.39, 0.29) is 47.4 Å². The van der Waals surface area contributed by atoms with Crippen LogP contribution in [0.1, 0.15) is 121 Å². The monoisotopic (exact) mass is 1610 g/mol. The van der Waals surface area contributed by atoms with E-state index < -0.39 is 11.9 Å². The van der Waals surface area contributed by atoms with Gasteiger partial charge in [0.05, 0.1) is 19.8 Å². The second-order valence-corrected chi connectivity index (χ2v) is 19.4. The molecule has 9 N–H and O–H groups in total. The number of amides is 5. The van der Waals surface area contributed by atoms with Gasteiger partial charge in [0, 0.05) is 103 Å². The Labute approximate surface area is 696 Å². The van der Waals surface area contributed by atoms with Gasteiger partial charge in [0.1, 0.15) is 0 Å². The number of nitrogens with one attached hydrogen (secondary N) is 5. The van der Waals surface area contributed by atoms with Crippen molar-refractivity contribution in [3.05, 3.63) is 363 Å². The molecule has 0 fully saturated rings. The van der Waals surface area contributed by atoms with Crippen LogP contribution in [0.4, 0.5) is 0 Å². The van der Waals surface area contributed by atoms with Crippen molar-refractivity contribution >= 4 is 59.4 Å². The molecular formula is C95H140N6O15. The summed E-state index contributed by atoms with van der Waals surface area (Å²) in [5, 5.41) is 26.9. The van der Waals surface area contributed by atoms with Crippen LogP contribution in [0.25, 0.3) is 0 Å². The van der Waals surface area contributed by atoms with E-state index in [0.717, 1.165) is 13.8 Å². The molecule has 0 aromatic heterocycles. The number of nitrogens with two attached hydrogens (primary N) is 1. The van der Waals surface area contributed by atoms with Crippen LogP contribution >= 0.6 is 0 Å². The fourth-order valence-corrected chi connectivity index (χ4v) is 4.81. The average Bonchev–Trinajstić information content (AvgIpc) is 0.928. The molecule has 10 rings (SSSR count). The first kappa shape index (κ1) is 129. The molecule has 0 aliphatic carbocycles. The highest BCUT2D eigenvalue weighted by molar-refractivity contribution is 5.93. The van der Waals surface area contributed by atoms with Crippen LogP contribution in [0.15, 0.2) is 358 Å².